The minimum atomic E-state index is -0.0285. The summed E-state index contributed by atoms with van der Waals surface area (Å²) in [6, 6.07) is 18.5. The Kier molecular flexibility index (Phi) is 5.98. The van der Waals surface area contributed by atoms with Gasteiger partial charge < -0.3 is 11.1 Å². The summed E-state index contributed by atoms with van der Waals surface area (Å²) in [4.78, 5) is 16.9. The second-order valence-corrected chi connectivity index (χ2v) is 7.69. The van der Waals surface area contributed by atoms with Crippen molar-refractivity contribution in [2.75, 3.05) is 5.73 Å². The van der Waals surface area contributed by atoms with Crippen molar-refractivity contribution in [2.45, 2.75) is 39.8 Å². The molecule has 6 nitrogen and oxygen atoms in total. The van der Waals surface area contributed by atoms with Crippen LogP contribution in [0.25, 0.3) is 22.0 Å². The van der Waals surface area contributed by atoms with Gasteiger partial charge in [-0.1, -0.05) is 30.3 Å². The molecule has 0 spiro atoms. The normalized spacial score (nSPS) is 11.0. The van der Waals surface area contributed by atoms with E-state index in [1.807, 2.05) is 42.1 Å². The van der Waals surface area contributed by atoms with Crippen LogP contribution in [0, 0.1) is 6.92 Å². The third kappa shape index (κ3) is 4.74. The summed E-state index contributed by atoms with van der Waals surface area (Å²) in [5.41, 5.74) is 12.3. The molecule has 0 radical (unpaired) electrons. The summed E-state index contributed by atoms with van der Waals surface area (Å²) < 4.78 is 1.84. The van der Waals surface area contributed by atoms with Crippen molar-refractivity contribution in [3.8, 4) is 11.1 Å². The minimum absolute atomic E-state index is 0.0285. The zero-order valence-electron chi connectivity index (χ0n) is 17.9. The van der Waals surface area contributed by atoms with E-state index in [0.29, 0.717) is 25.2 Å². The van der Waals surface area contributed by atoms with E-state index >= 15 is 0 Å². The molecule has 31 heavy (non-hydrogen) atoms. The lowest BCUT2D eigenvalue weighted by atomic mass is 9.98. The van der Waals surface area contributed by atoms with E-state index in [1.54, 1.807) is 0 Å². The number of hydrogen-bond donors (Lipinski definition) is 2. The zero-order chi connectivity index (χ0) is 21.8. The zero-order valence-corrected chi connectivity index (χ0v) is 17.9. The van der Waals surface area contributed by atoms with E-state index in [-0.39, 0.29) is 5.91 Å². The molecule has 0 aliphatic heterocycles. The Morgan fingerprint density at radius 3 is 2.74 bits per heavy atom. The molecule has 4 aromatic rings. The van der Waals surface area contributed by atoms with Gasteiger partial charge >= 0.3 is 0 Å². The van der Waals surface area contributed by atoms with Crippen molar-refractivity contribution >= 4 is 22.6 Å². The third-order valence-corrected chi connectivity index (χ3v) is 5.49. The lowest BCUT2D eigenvalue weighted by Crippen LogP contribution is -2.23. The van der Waals surface area contributed by atoms with Crippen LogP contribution in [-0.4, -0.2) is 20.7 Å². The van der Waals surface area contributed by atoms with Crippen LogP contribution in [0.1, 0.15) is 30.2 Å². The molecule has 158 valence electrons. The van der Waals surface area contributed by atoms with Gasteiger partial charge in [-0.3, -0.25) is 9.48 Å². The molecule has 0 bridgehead atoms. The number of carbonyl (C=O) groups is 1. The first-order valence-corrected chi connectivity index (χ1v) is 10.6. The number of anilines is 1. The van der Waals surface area contributed by atoms with Gasteiger partial charge in [0.15, 0.2) is 0 Å². The van der Waals surface area contributed by atoms with Gasteiger partial charge in [-0.2, -0.15) is 5.10 Å². The summed E-state index contributed by atoms with van der Waals surface area (Å²) in [5, 5.41) is 8.33. The number of pyridine rings is 1. The molecule has 2 aromatic heterocycles. The number of amides is 1. The number of aryl methyl sites for hydroxylation is 3. The Balaban J connectivity index is 1.46. The maximum absolute atomic E-state index is 12.3. The number of fused-ring (bicyclic) bond motifs is 1. The van der Waals surface area contributed by atoms with E-state index in [2.05, 4.69) is 52.7 Å². The van der Waals surface area contributed by atoms with Crippen LogP contribution in [-0.2, 0) is 24.3 Å². The second kappa shape index (κ2) is 9.00. The molecule has 2 heterocycles. The van der Waals surface area contributed by atoms with E-state index in [9.17, 15) is 4.79 Å². The van der Waals surface area contributed by atoms with Gasteiger partial charge in [-0.15, -0.1) is 0 Å². The SMILES string of the molecule is CCn1ccc(CNC(=O)CCc2cc3cc(-c4ccccc4C)ccc3nc2N)n1. The Hall–Kier alpha value is -3.67. The number of nitrogens with two attached hydrogens (primary N) is 1. The number of nitrogen functional groups attached to an aromatic ring is 1. The van der Waals surface area contributed by atoms with Gasteiger partial charge in [0, 0.05) is 24.5 Å². The van der Waals surface area contributed by atoms with Crippen LogP contribution in [0.15, 0.2) is 60.8 Å². The molecule has 3 N–H and O–H groups in total. The van der Waals surface area contributed by atoms with Crippen molar-refractivity contribution < 1.29 is 4.79 Å². The molecule has 0 saturated carbocycles. The average molecular weight is 414 g/mol. The fourth-order valence-corrected chi connectivity index (χ4v) is 3.70. The van der Waals surface area contributed by atoms with Gasteiger partial charge in [0.1, 0.15) is 5.82 Å². The number of carbonyl (C=O) groups excluding carboxylic acids is 1. The Labute approximate surface area is 182 Å². The number of rotatable bonds is 7. The molecule has 2 aromatic carbocycles. The highest BCUT2D eigenvalue weighted by Crippen LogP contribution is 2.28. The molecule has 0 atom stereocenters. The predicted molar refractivity (Wildman–Crippen MR) is 124 cm³/mol. The van der Waals surface area contributed by atoms with Crippen molar-refractivity contribution in [3.05, 3.63) is 77.6 Å². The highest BCUT2D eigenvalue weighted by Gasteiger charge is 2.10. The summed E-state index contributed by atoms with van der Waals surface area (Å²) in [6.07, 6.45) is 2.80. The van der Waals surface area contributed by atoms with Crippen molar-refractivity contribution in [2.24, 2.45) is 0 Å². The van der Waals surface area contributed by atoms with Crippen LogP contribution in [0.3, 0.4) is 0 Å². The molecule has 0 aliphatic rings. The van der Waals surface area contributed by atoms with Crippen LogP contribution >= 0.6 is 0 Å². The summed E-state index contributed by atoms with van der Waals surface area (Å²) in [5.74, 6) is 0.449. The summed E-state index contributed by atoms with van der Waals surface area (Å²) in [7, 11) is 0. The molecule has 6 heteroatoms. The third-order valence-electron chi connectivity index (χ3n) is 5.49. The topological polar surface area (TPSA) is 85.8 Å². The molecule has 0 aliphatic carbocycles. The predicted octanol–water partition coefficient (Wildman–Crippen LogP) is 4.26. The van der Waals surface area contributed by atoms with Gasteiger partial charge in [0.05, 0.1) is 17.8 Å². The van der Waals surface area contributed by atoms with E-state index in [0.717, 1.165) is 34.3 Å². The molecule has 0 saturated heterocycles. The molecule has 0 fully saturated rings. The second-order valence-electron chi connectivity index (χ2n) is 7.69. The number of aromatic nitrogens is 3. The fraction of sp³-hybridized carbons (Fsp3) is 0.240. The Morgan fingerprint density at radius 2 is 1.97 bits per heavy atom. The Bertz CT molecular complexity index is 1230. The lowest BCUT2D eigenvalue weighted by Gasteiger charge is -2.10. The first-order chi connectivity index (χ1) is 15.0. The van der Waals surface area contributed by atoms with Gasteiger partial charge in [-0.25, -0.2) is 4.98 Å². The molecular weight excluding hydrogens is 386 g/mol. The van der Waals surface area contributed by atoms with E-state index in [4.69, 9.17) is 5.73 Å². The van der Waals surface area contributed by atoms with Crippen molar-refractivity contribution in [1.82, 2.24) is 20.1 Å². The van der Waals surface area contributed by atoms with Crippen LogP contribution in [0.2, 0.25) is 0 Å². The fourth-order valence-electron chi connectivity index (χ4n) is 3.70. The maximum atomic E-state index is 12.3. The average Bonchev–Trinajstić information content (AvgIpc) is 3.24. The number of benzene rings is 2. The largest absolute Gasteiger partial charge is 0.383 e. The number of nitrogens with zero attached hydrogens (tertiary/aromatic N) is 3. The quantitative estimate of drug-likeness (QED) is 0.474. The summed E-state index contributed by atoms with van der Waals surface area (Å²) >= 11 is 0. The van der Waals surface area contributed by atoms with Crippen molar-refractivity contribution in [3.63, 3.8) is 0 Å². The molecule has 0 unspecified atom stereocenters. The molecule has 1 amide bonds. The molecule has 4 rings (SSSR count). The van der Waals surface area contributed by atoms with Gasteiger partial charge in [0.2, 0.25) is 5.91 Å². The highest BCUT2D eigenvalue weighted by atomic mass is 16.1. The van der Waals surface area contributed by atoms with Crippen LogP contribution in [0.5, 0.6) is 0 Å². The van der Waals surface area contributed by atoms with Crippen molar-refractivity contribution in [1.29, 1.82) is 0 Å². The van der Waals surface area contributed by atoms with E-state index < -0.39 is 0 Å². The number of hydrogen-bond acceptors (Lipinski definition) is 4. The first-order valence-electron chi connectivity index (χ1n) is 10.6. The standard InChI is InChI=1S/C25H27N5O/c1-3-30-13-12-21(29-30)16-27-24(31)11-9-19-15-20-14-18(8-10-23(20)28-25(19)26)22-7-5-4-6-17(22)2/h4-8,10,12-15H,3,9,11,16H2,1-2H3,(H2,26,28)(H,27,31). The lowest BCUT2D eigenvalue weighted by molar-refractivity contribution is -0.121. The number of nitrogens with one attached hydrogen (secondary N) is 1. The Morgan fingerprint density at radius 1 is 1.13 bits per heavy atom. The van der Waals surface area contributed by atoms with Gasteiger partial charge in [-0.05, 0) is 66.8 Å². The monoisotopic (exact) mass is 413 g/mol. The van der Waals surface area contributed by atoms with E-state index in [1.165, 1.54) is 11.1 Å². The highest BCUT2D eigenvalue weighted by molar-refractivity contribution is 5.87. The molecular formula is C25H27N5O. The van der Waals surface area contributed by atoms with Gasteiger partial charge in [0.25, 0.3) is 0 Å². The van der Waals surface area contributed by atoms with Crippen LogP contribution < -0.4 is 11.1 Å². The maximum Gasteiger partial charge on any atom is 0.220 e. The first kappa shape index (κ1) is 20.6. The minimum Gasteiger partial charge on any atom is -0.383 e. The summed E-state index contributed by atoms with van der Waals surface area (Å²) in [6.45, 7) is 5.38. The smallest absolute Gasteiger partial charge is 0.220 e. The van der Waals surface area contributed by atoms with Crippen LogP contribution in [0.4, 0.5) is 5.82 Å².